The highest BCUT2D eigenvalue weighted by Crippen LogP contribution is 2.02. The first-order valence-electron chi connectivity index (χ1n) is 4.55. The van der Waals surface area contributed by atoms with E-state index in [0.717, 1.165) is 0 Å². The highest BCUT2D eigenvalue weighted by molar-refractivity contribution is 7.89. The lowest BCUT2D eigenvalue weighted by molar-refractivity contribution is -0.140. The fourth-order valence-electron chi connectivity index (χ4n) is 0.963. The molecule has 0 saturated heterocycles. The molecule has 0 aromatic rings. The predicted molar refractivity (Wildman–Crippen MR) is 57.9 cm³/mol. The molecule has 0 radical (unpaired) electrons. The van der Waals surface area contributed by atoms with Crippen LogP contribution in [-0.2, 0) is 19.6 Å². The topological polar surface area (TPSA) is 63.7 Å². The number of ether oxygens (including phenoxy) is 1. The lowest BCUT2D eigenvalue weighted by Crippen LogP contribution is -2.29. The first-order valence-corrected chi connectivity index (χ1v) is 6.16. The maximum absolute atomic E-state index is 11.4. The van der Waals surface area contributed by atoms with E-state index in [-0.39, 0.29) is 18.1 Å². The Morgan fingerprint density at radius 1 is 1.53 bits per heavy atom. The molecule has 88 valence electrons. The van der Waals surface area contributed by atoms with Gasteiger partial charge in [-0.2, -0.15) is 0 Å². The van der Waals surface area contributed by atoms with Crippen LogP contribution in [0.25, 0.3) is 0 Å². The number of nitrogens with zero attached hydrogens (tertiary/aromatic N) is 1. The third-order valence-corrected chi connectivity index (χ3v) is 3.67. The van der Waals surface area contributed by atoms with Gasteiger partial charge in [0.25, 0.3) is 0 Å². The number of carbonyl (C=O) groups is 1. The van der Waals surface area contributed by atoms with Gasteiger partial charge in [0.1, 0.15) is 0 Å². The molecule has 0 fully saturated rings. The van der Waals surface area contributed by atoms with Crippen molar-refractivity contribution in [1.82, 2.24) is 4.31 Å². The Morgan fingerprint density at radius 3 is 2.60 bits per heavy atom. The highest BCUT2D eigenvalue weighted by atomic mass is 32.2. The summed E-state index contributed by atoms with van der Waals surface area (Å²) in [4.78, 5) is 10.8. The zero-order valence-corrected chi connectivity index (χ0v) is 9.92. The van der Waals surface area contributed by atoms with Crippen LogP contribution in [0.4, 0.5) is 0 Å². The largest absolute Gasteiger partial charge is 0.469 e. The molecule has 0 aliphatic rings. The third kappa shape index (κ3) is 5.54. The molecule has 0 aliphatic heterocycles. The first kappa shape index (κ1) is 14.1. The second kappa shape index (κ2) is 6.58. The fraction of sp³-hybridized carbons (Fsp3) is 0.667. The minimum Gasteiger partial charge on any atom is -0.469 e. The third-order valence-electron chi connectivity index (χ3n) is 1.88. The van der Waals surface area contributed by atoms with Crippen LogP contribution in [0, 0.1) is 0 Å². The second-order valence-electron chi connectivity index (χ2n) is 3.07. The van der Waals surface area contributed by atoms with Crippen LogP contribution in [-0.4, -0.2) is 45.1 Å². The number of sulfonamides is 1. The summed E-state index contributed by atoms with van der Waals surface area (Å²) in [6.07, 6.45) is 2.02. The molecule has 5 nitrogen and oxygen atoms in total. The highest BCUT2D eigenvalue weighted by Gasteiger charge is 2.15. The zero-order valence-electron chi connectivity index (χ0n) is 9.10. The van der Waals surface area contributed by atoms with Gasteiger partial charge in [-0.25, -0.2) is 12.7 Å². The molecule has 0 spiro atoms. The molecule has 0 aliphatic carbocycles. The van der Waals surface area contributed by atoms with Gasteiger partial charge < -0.3 is 4.74 Å². The molecule has 0 N–H and O–H groups in total. The molecule has 0 unspecified atom stereocenters. The molecule has 0 aromatic carbocycles. The Balaban J connectivity index is 3.98. The summed E-state index contributed by atoms with van der Waals surface area (Å²) in [5.74, 6) is -0.411. The van der Waals surface area contributed by atoms with Crippen molar-refractivity contribution >= 4 is 16.0 Å². The van der Waals surface area contributed by atoms with Crippen molar-refractivity contribution in [2.24, 2.45) is 0 Å². The SMILES string of the molecule is C=CCS(=O)(=O)N(C)CCCC(=O)OC. The smallest absolute Gasteiger partial charge is 0.305 e. The van der Waals surface area contributed by atoms with Crippen LogP contribution in [0.2, 0.25) is 0 Å². The maximum atomic E-state index is 11.4. The van der Waals surface area contributed by atoms with Crippen LogP contribution in [0.3, 0.4) is 0 Å². The number of rotatable bonds is 7. The molecule has 0 atom stereocenters. The van der Waals surface area contributed by atoms with Gasteiger partial charge in [-0.1, -0.05) is 6.08 Å². The van der Waals surface area contributed by atoms with Crippen LogP contribution < -0.4 is 0 Å². The summed E-state index contributed by atoms with van der Waals surface area (Å²) in [7, 11) is -0.464. The van der Waals surface area contributed by atoms with E-state index < -0.39 is 10.0 Å². The number of hydrogen-bond donors (Lipinski definition) is 0. The number of esters is 1. The summed E-state index contributed by atoms with van der Waals surface area (Å²) in [5.41, 5.74) is 0. The Morgan fingerprint density at radius 2 is 2.13 bits per heavy atom. The van der Waals surface area contributed by atoms with Gasteiger partial charge in [-0.05, 0) is 6.42 Å². The summed E-state index contributed by atoms with van der Waals surface area (Å²) >= 11 is 0. The maximum Gasteiger partial charge on any atom is 0.305 e. The van der Waals surface area contributed by atoms with Gasteiger partial charge in [0.2, 0.25) is 10.0 Å². The standard InChI is InChI=1S/C9H17NO4S/c1-4-8-15(12,13)10(2)7-5-6-9(11)14-3/h4H,1,5-8H2,2-3H3. The van der Waals surface area contributed by atoms with Crippen LogP contribution in [0.15, 0.2) is 12.7 Å². The summed E-state index contributed by atoms with van der Waals surface area (Å²) in [6.45, 7) is 3.68. The van der Waals surface area contributed by atoms with Crippen molar-refractivity contribution in [3.8, 4) is 0 Å². The van der Waals surface area contributed by atoms with Gasteiger partial charge in [0.15, 0.2) is 0 Å². The van der Waals surface area contributed by atoms with Crippen LogP contribution in [0.1, 0.15) is 12.8 Å². The average molecular weight is 235 g/mol. The number of hydrogen-bond acceptors (Lipinski definition) is 4. The number of carbonyl (C=O) groups excluding carboxylic acids is 1. The van der Waals surface area contributed by atoms with Crippen molar-refractivity contribution in [1.29, 1.82) is 0 Å². The van der Waals surface area contributed by atoms with E-state index in [9.17, 15) is 13.2 Å². The average Bonchev–Trinajstić information content (AvgIpc) is 2.17. The Bertz CT molecular complexity index is 310. The van der Waals surface area contributed by atoms with Crippen molar-refractivity contribution in [2.45, 2.75) is 12.8 Å². The van der Waals surface area contributed by atoms with Gasteiger partial charge in [-0.3, -0.25) is 4.79 Å². The van der Waals surface area contributed by atoms with E-state index in [1.807, 2.05) is 0 Å². The van der Waals surface area contributed by atoms with E-state index in [1.165, 1.54) is 24.5 Å². The first-order chi connectivity index (χ1) is 6.94. The lowest BCUT2D eigenvalue weighted by Gasteiger charge is -2.15. The van der Waals surface area contributed by atoms with Gasteiger partial charge >= 0.3 is 5.97 Å². The quantitative estimate of drug-likeness (QED) is 0.473. The molecule has 0 aromatic heterocycles. The monoisotopic (exact) mass is 235 g/mol. The van der Waals surface area contributed by atoms with Gasteiger partial charge in [0, 0.05) is 20.0 Å². The molecular weight excluding hydrogens is 218 g/mol. The van der Waals surface area contributed by atoms with Gasteiger partial charge in [0.05, 0.1) is 12.9 Å². The molecular formula is C9H17NO4S. The van der Waals surface area contributed by atoms with E-state index in [2.05, 4.69) is 11.3 Å². The molecule has 0 saturated carbocycles. The van der Waals surface area contributed by atoms with E-state index in [1.54, 1.807) is 0 Å². The summed E-state index contributed by atoms with van der Waals surface area (Å²) < 4.78 is 28.5. The normalized spacial score (nSPS) is 11.4. The minimum absolute atomic E-state index is 0.0816. The van der Waals surface area contributed by atoms with Crippen molar-refractivity contribution in [2.75, 3.05) is 26.5 Å². The van der Waals surface area contributed by atoms with Crippen molar-refractivity contribution < 1.29 is 17.9 Å². The Hall–Kier alpha value is -0.880. The lowest BCUT2D eigenvalue weighted by atomic mass is 10.3. The minimum atomic E-state index is -3.25. The second-order valence-corrected chi connectivity index (χ2v) is 5.19. The molecule has 0 amide bonds. The van der Waals surface area contributed by atoms with Crippen LogP contribution >= 0.6 is 0 Å². The van der Waals surface area contributed by atoms with E-state index >= 15 is 0 Å². The fourth-order valence-corrected chi connectivity index (χ4v) is 1.92. The molecule has 15 heavy (non-hydrogen) atoms. The molecule has 0 rings (SSSR count). The van der Waals surface area contributed by atoms with Gasteiger partial charge in [-0.15, -0.1) is 6.58 Å². The predicted octanol–water partition coefficient (Wildman–Crippen LogP) is 0.387. The van der Waals surface area contributed by atoms with E-state index in [0.29, 0.717) is 13.0 Å². The Labute approximate surface area is 90.8 Å². The summed E-state index contributed by atoms with van der Waals surface area (Å²) in [6, 6.07) is 0. The van der Waals surface area contributed by atoms with E-state index in [4.69, 9.17) is 0 Å². The number of methoxy groups -OCH3 is 1. The zero-order chi connectivity index (χ0) is 11.9. The van der Waals surface area contributed by atoms with Crippen molar-refractivity contribution in [3.05, 3.63) is 12.7 Å². The summed E-state index contributed by atoms with van der Waals surface area (Å²) in [5, 5.41) is 0. The van der Waals surface area contributed by atoms with Crippen LogP contribution in [0.5, 0.6) is 0 Å². The molecule has 6 heteroatoms. The van der Waals surface area contributed by atoms with Crippen molar-refractivity contribution in [3.63, 3.8) is 0 Å². The molecule has 0 heterocycles. The Kier molecular flexibility index (Phi) is 6.19. The molecule has 0 bridgehead atoms.